The first-order valence-electron chi connectivity index (χ1n) is 10.9. The van der Waals surface area contributed by atoms with Crippen molar-refractivity contribution in [3.63, 3.8) is 0 Å². The summed E-state index contributed by atoms with van der Waals surface area (Å²) in [5, 5.41) is 2.64. The van der Waals surface area contributed by atoms with Crippen molar-refractivity contribution in [3.05, 3.63) is 83.7 Å². The van der Waals surface area contributed by atoms with Crippen LogP contribution in [0, 0.1) is 12.7 Å². The minimum Gasteiger partial charge on any atom is -0.322 e. The van der Waals surface area contributed by atoms with E-state index < -0.39 is 31.8 Å². The van der Waals surface area contributed by atoms with Gasteiger partial charge in [0.15, 0.2) is 0 Å². The van der Waals surface area contributed by atoms with Crippen LogP contribution in [0.25, 0.3) is 0 Å². The highest BCUT2D eigenvalue weighted by Crippen LogP contribution is 2.26. The Morgan fingerprint density at radius 1 is 0.914 bits per heavy atom. The summed E-state index contributed by atoms with van der Waals surface area (Å²) in [5.74, 6) is -1.19. The third kappa shape index (κ3) is 5.37. The second kappa shape index (κ2) is 9.76. The van der Waals surface area contributed by atoms with Gasteiger partial charge in [-0.3, -0.25) is 9.52 Å². The van der Waals surface area contributed by atoms with Crippen LogP contribution < -0.4 is 10.0 Å². The van der Waals surface area contributed by atoms with Gasteiger partial charge in [-0.05, 0) is 73.9 Å². The standard InChI is InChI=1S/C24H24FN3O5S2/c1-17-15-18(25)11-12-23(17)34(30,31)27-22-10-3-2-9-21(22)24(29)26-19-7-6-8-20(16-19)35(32,33)28-13-4-5-14-28/h2-3,6-12,15-16,27H,4-5,13-14H2,1H3,(H,26,29). The molecule has 8 nitrogen and oxygen atoms in total. The van der Waals surface area contributed by atoms with Crippen LogP contribution in [0.4, 0.5) is 15.8 Å². The first kappa shape index (κ1) is 24.8. The number of aryl methyl sites for hydroxylation is 1. The van der Waals surface area contributed by atoms with E-state index in [9.17, 15) is 26.0 Å². The molecule has 3 aromatic rings. The van der Waals surface area contributed by atoms with E-state index in [0.717, 1.165) is 31.0 Å². The van der Waals surface area contributed by atoms with Gasteiger partial charge >= 0.3 is 0 Å². The van der Waals surface area contributed by atoms with Gasteiger partial charge in [-0.15, -0.1) is 0 Å². The Bertz CT molecular complexity index is 1480. The molecule has 3 aromatic carbocycles. The van der Waals surface area contributed by atoms with E-state index in [1.165, 1.54) is 41.6 Å². The predicted molar refractivity (Wildman–Crippen MR) is 131 cm³/mol. The Hall–Kier alpha value is -3.28. The average Bonchev–Trinajstić information content (AvgIpc) is 3.35. The second-order valence-electron chi connectivity index (χ2n) is 8.15. The Morgan fingerprint density at radius 2 is 1.63 bits per heavy atom. The number of amides is 1. The number of sulfonamides is 2. The summed E-state index contributed by atoms with van der Waals surface area (Å²) in [6, 6.07) is 15.2. The highest BCUT2D eigenvalue weighted by Gasteiger charge is 2.27. The molecule has 11 heteroatoms. The van der Waals surface area contributed by atoms with E-state index in [4.69, 9.17) is 0 Å². The van der Waals surface area contributed by atoms with Crippen molar-refractivity contribution >= 4 is 37.3 Å². The smallest absolute Gasteiger partial charge is 0.262 e. The number of carbonyl (C=O) groups excluding carboxylic acids is 1. The summed E-state index contributed by atoms with van der Waals surface area (Å²) in [7, 11) is -7.77. The number of para-hydroxylation sites is 1. The maximum absolute atomic E-state index is 13.4. The molecule has 0 radical (unpaired) electrons. The van der Waals surface area contributed by atoms with Gasteiger partial charge in [-0.25, -0.2) is 21.2 Å². The number of anilines is 2. The summed E-state index contributed by atoms with van der Waals surface area (Å²) in [6.45, 7) is 2.39. The van der Waals surface area contributed by atoms with Crippen molar-refractivity contribution in [3.8, 4) is 0 Å². The predicted octanol–water partition coefficient (Wildman–Crippen LogP) is 3.97. The molecule has 2 N–H and O–H groups in total. The van der Waals surface area contributed by atoms with Gasteiger partial charge in [0.25, 0.3) is 15.9 Å². The second-order valence-corrected chi connectivity index (χ2v) is 11.7. The van der Waals surface area contributed by atoms with Gasteiger partial charge in [-0.1, -0.05) is 18.2 Å². The Morgan fingerprint density at radius 3 is 2.34 bits per heavy atom. The van der Waals surface area contributed by atoms with Crippen molar-refractivity contribution < 1.29 is 26.0 Å². The summed E-state index contributed by atoms with van der Waals surface area (Å²) in [6.07, 6.45) is 1.61. The number of hydrogen-bond donors (Lipinski definition) is 2. The molecule has 0 aliphatic carbocycles. The number of hydrogen-bond acceptors (Lipinski definition) is 5. The molecule has 1 saturated heterocycles. The zero-order valence-corrected chi connectivity index (χ0v) is 20.5. The zero-order valence-electron chi connectivity index (χ0n) is 18.9. The minimum absolute atomic E-state index is 0.0227. The third-order valence-electron chi connectivity index (χ3n) is 5.64. The van der Waals surface area contributed by atoms with E-state index in [0.29, 0.717) is 13.1 Å². The van der Waals surface area contributed by atoms with Crippen molar-refractivity contribution in [1.29, 1.82) is 0 Å². The Labute approximate surface area is 203 Å². The van der Waals surface area contributed by atoms with Crippen LogP contribution in [0.3, 0.4) is 0 Å². The molecule has 1 heterocycles. The number of rotatable bonds is 7. The molecular formula is C24H24FN3O5S2. The van der Waals surface area contributed by atoms with E-state index in [1.807, 2.05) is 0 Å². The zero-order chi connectivity index (χ0) is 25.2. The fraction of sp³-hybridized carbons (Fsp3) is 0.208. The fourth-order valence-electron chi connectivity index (χ4n) is 3.89. The maximum Gasteiger partial charge on any atom is 0.262 e. The van der Waals surface area contributed by atoms with Crippen LogP contribution in [0.15, 0.2) is 76.5 Å². The van der Waals surface area contributed by atoms with Crippen LogP contribution in [0.5, 0.6) is 0 Å². The molecule has 1 aliphatic rings. The van der Waals surface area contributed by atoms with Gasteiger partial charge in [0, 0.05) is 18.8 Å². The van der Waals surface area contributed by atoms with E-state index in [2.05, 4.69) is 10.0 Å². The number of halogens is 1. The Balaban J connectivity index is 1.58. The molecule has 0 bridgehead atoms. The molecule has 0 saturated carbocycles. The lowest BCUT2D eigenvalue weighted by atomic mass is 10.1. The number of benzene rings is 3. The van der Waals surface area contributed by atoms with Crippen molar-refractivity contribution in [1.82, 2.24) is 4.31 Å². The summed E-state index contributed by atoms with van der Waals surface area (Å²) >= 11 is 0. The molecule has 0 spiro atoms. The van der Waals surface area contributed by atoms with Gasteiger partial charge < -0.3 is 5.32 Å². The number of nitrogens with zero attached hydrogens (tertiary/aromatic N) is 1. The quantitative estimate of drug-likeness (QED) is 0.493. The van der Waals surface area contributed by atoms with Crippen LogP contribution in [0.1, 0.15) is 28.8 Å². The molecule has 184 valence electrons. The molecule has 1 fully saturated rings. The molecule has 0 unspecified atom stereocenters. The highest BCUT2D eigenvalue weighted by atomic mass is 32.2. The summed E-state index contributed by atoms with van der Waals surface area (Å²) in [5.41, 5.74) is 0.524. The lowest BCUT2D eigenvalue weighted by Crippen LogP contribution is -2.28. The topological polar surface area (TPSA) is 113 Å². The van der Waals surface area contributed by atoms with Crippen LogP contribution in [-0.2, 0) is 20.0 Å². The lowest BCUT2D eigenvalue weighted by molar-refractivity contribution is 0.102. The molecule has 1 amide bonds. The lowest BCUT2D eigenvalue weighted by Gasteiger charge is -2.17. The van der Waals surface area contributed by atoms with E-state index >= 15 is 0 Å². The Kier molecular flexibility index (Phi) is 6.93. The van der Waals surface area contributed by atoms with E-state index in [1.54, 1.807) is 18.2 Å². The molecule has 1 aliphatic heterocycles. The molecule has 35 heavy (non-hydrogen) atoms. The van der Waals surface area contributed by atoms with Crippen LogP contribution >= 0.6 is 0 Å². The van der Waals surface area contributed by atoms with Crippen molar-refractivity contribution in [2.45, 2.75) is 29.6 Å². The average molecular weight is 518 g/mol. The van der Waals surface area contributed by atoms with Crippen LogP contribution in [-0.4, -0.2) is 40.1 Å². The molecule has 0 atom stereocenters. The molecular weight excluding hydrogens is 493 g/mol. The molecule has 0 aromatic heterocycles. The van der Waals surface area contributed by atoms with Crippen molar-refractivity contribution in [2.75, 3.05) is 23.1 Å². The highest BCUT2D eigenvalue weighted by molar-refractivity contribution is 7.92. The van der Waals surface area contributed by atoms with Gasteiger partial charge in [-0.2, -0.15) is 4.31 Å². The normalized spacial score (nSPS) is 14.6. The maximum atomic E-state index is 13.4. The first-order valence-corrected chi connectivity index (χ1v) is 13.8. The van der Waals surface area contributed by atoms with Gasteiger partial charge in [0.2, 0.25) is 10.0 Å². The van der Waals surface area contributed by atoms with E-state index in [-0.39, 0.29) is 32.3 Å². The first-order chi connectivity index (χ1) is 16.6. The van der Waals surface area contributed by atoms with Crippen molar-refractivity contribution in [2.24, 2.45) is 0 Å². The third-order valence-corrected chi connectivity index (χ3v) is 9.06. The number of nitrogens with one attached hydrogen (secondary N) is 2. The van der Waals surface area contributed by atoms with Gasteiger partial charge in [0.05, 0.1) is 21.0 Å². The molecule has 4 rings (SSSR count). The van der Waals surface area contributed by atoms with Gasteiger partial charge in [0.1, 0.15) is 5.82 Å². The SMILES string of the molecule is Cc1cc(F)ccc1S(=O)(=O)Nc1ccccc1C(=O)Nc1cccc(S(=O)(=O)N2CCCC2)c1. The monoisotopic (exact) mass is 517 g/mol. The number of carbonyl (C=O) groups is 1. The fourth-order valence-corrected chi connectivity index (χ4v) is 6.77. The van der Waals surface area contributed by atoms with Crippen LogP contribution in [0.2, 0.25) is 0 Å². The summed E-state index contributed by atoms with van der Waals surface area (Å²) < 4.78 is 68.7. The minimum atomic E-state index is -4.11. The summed E-state index contributed by atoms with van der Waals surface area (Å²) in [4.78, 5) is 13.0. The largest absolute Gasteiger partial charge is 0.322 e.